The second kappa shape index (κ2) is 7.51. The molecular formula is C13H22N2O2S. The normalized spacial score (nSPS) is 14.2. The topological polar surface area (TPSA) is 55.6 Å². The lowest BCUT2D eigenvalue weighted by atomic mass is 10.1. The number of carbonyl (C=O) groups excluding carboxylic acids is 1. The van der Waals surface area contributed by atoms with Gasteiger partial charge in [0.15, 0.2) is 0 Å². The van der Waals surface area contributed by atoms with E-state index < -0.39 is 0 Å². The molecule has 0 fully saturated rings. The van der Waals surface area contributed by atoms with Gasteiger partial charge in [0.05, 0.1) is 12.5 Å². The highest BCUT2D eigenvalue weighted by Gasteiger charge is 2.19. The van der Waals surface area contributed by atoms with Crippen molar-refractivity contribution < 1.29 is 9.53 Å². The van der Waals surface area contributed by atoms with Crippen LogP contribution < -0.4 is 5.73 Å². The third kappa shape index (κ3) is 4.40. The van der Waals surface area contributed by atoms with E-state index in [2.05, 4.69) is 18.4 Å². The van der Waals surface area contributed by atoms with Crippen LogP contribution in [-0.2, 0) is 16.0 Å². The molecule has 0 saturated carbocycles. The largest absolute Gasteiger partial charge is 0.380 e. The number of hydrogen-bond donors (Lipinski definition) is 1. The highest BCUT2D eigenvalue weighted by molar-refractivity contribution is 7.09. The molecule has 1 rings (SSSR count). The quantitative estimate of drug-likeness (QED) is 0.817. The van der Waals surface area contributed by atoms with Gasteiger partial charge in [-0.15, -0.1) is 11.3 Å². The van der Waals surface area contributed by atoms with Gasteiger partial charge < -0.3 is 15.4 Å². The van der Waals surface area contributed by atoms with Crippen molar-refractivity contribution in [2.75, 3.05) is 20.7 Å². The van der Waals surface area contributed by atoms with E-state index in [-0.39, 0.29) is 18.1 Å². The molecule has 2 atom stereocenters. The van der Waals surface area contributed by atoms with Gasteiger partial charge in [0.2, 0.25) is 5.91 Å². The number of amides is 1. The van der Waals surface area contributed by atoms with Crippen LogP contribution in [0.2, 0.25) is 0 Å². The molecule has 18 heavy (non-hydrogen) atoms. The highest BCUT2D eigenvalue weighted by Crippen LogP contribution is 2.14. The Morgan fingerprint density at radius 2 is 2.33 bits per heavy atom. The molecule has 1 aromatic heterocycles. The van der Waals surface area contributed by atoms with E-state index in [1.807, 2.05) is 13.1 Å². The van der Waals surface area contributed by atoms with Gasteiger partial charge in [-0.2, -0.15) is 0 Å². The van der Waals surface area contributed by atoms with Crippen molar-refractivity contribution >= 4 is 17.2 Å². The van der Waals surface area contributed by atoms with Gasteiger partial charge in [-0.25, -0.2) is 0 Å². The number of likely N-dealkylation sites (N-methyl/N-ethyl adjacent to an activating group) is 1. The molecule has 1 aromatic rings. The van der Waals surface area contributed by atoms with Crippen LogP contribution in [0.15, 0.2) is 17.5 Å². The van der Waals surface area contributed by atoms with Gasteiger partial charge in [0.25, 0.3) is 0 Å². The first kappa shape index (κ1) is 15.1. The number of carbonyl (C=O) groups is 1. The second-order valence-electron chi connectivity index (χ2n) is 4.43. The summed E-state index contributed by atoms with van der Waals surface area (Å²) in [5.74, 6) is 0.0800. The summed E-state index contributed by atoms with van der Waals surface area (Å²) in [5, 5.41) is 2.05. The summed E-state index contributed by atoms with van der Waals surface area (Å²) in [7, 11) is 3.42. The standard InChI is InChI=1S/C13H22N2O2S/c1-10(7-12-5-4-6-18-12)15(2)13(16)8-11(9-14)17-3/h4-6,10-11H,7-9,14H2,1-3H3. The van der Waals surface area contributed by atoms with Gasteiger partial charge in [-0.3, -0.25) is 4.79 Å². The molecule has 5 heteroatoms. The van der Waals surface area contributed by atoms with E-state index in [0.717, 1.165) is 6.42 Å². The molecule has 0 aromatic carbocycles. The predicted octanol–water partition coefficient (Wildman–Crippen LogP) is 1.50. The zero-order valence-electron chi connectivity index (χ0n) is 11.3. The SMILES string of the molecule is COC(CN)CC(=O)N(C)C(C)Cc1cccs1. The molecule has 0 bridgehead atoms. The highest BCUT2D eigenvalue weighted by atomic mass is 32.1. The summed E-state index contributed by atoms with van der Waals surface area (Å²) in [4.78, 5) is 15.1. The Hall–Kier alpha value is -0.910. The molecule has 0 aliphatic carbocycles. The van der Waals surface area contributed by atoms with Gasteiger partial charge in [-0.05, 0) is 18.4 Å². The summed E-state index contributed by atoms with van der Waals surface area (Å²) in [6, 6.07) is 4.31. The van der Waals surface area contributed by atoms with Gasteiger partial charge in [0, 0.05) is 38.0 Å². The second-order valence-corrected chi connectivity index (χ2v) is 5.47. The van der Waals surface area contributed by atoms with E-state index in [9.17, 15) is 4.79 Å². The lowest BCUT2D eigenvalue weighted by Crippen LogP contribution is -2.39. The van der Waals surface area contributed by atoms with Crippen molar-refractivity contribution in [2.45, 2.75) is 31.9 Å². The zero-order valence-corrected chi connectivity index (χ0v) is 12.1. The Kier molecular flexibility index (Phi) is 6.32. The third-order valence-electron chi connectivity index (χ3n) is 3.13. The number of nitrogens with zero attached hydrogens (tertiary/aromatic N) is 1. The molecule has 102 valence electrons. The van der Waals surface area contributed by atoms with Crippen molar-refractivity contribution in [3.63, 3.8) is 0 Å². The van der Waals surface area contributed by atoms with E-state index >= 15 is 0 Å². The van der Waals surface area contributed by atoms with Crippen LogP contribution >= 0.6 is 11.3 Å². The number of hydrogen-bond acceptors (Lipinski definition) is 4. The van der Waals surface area contributed by atoms with Crippen LogP contribution in [0.3, 0.4) is 0 Å². The predicted molar refractivity (Wildman–Crippen MR) is 74.7 cm³/mol. The van der Waals surface area contributed by atoms with Gasteiger partial charge in [-0.1, -0.05) is 6.07 Å². The van der Waals surface area contributed by atoms with E-state index in [1.165, 1.54) is 4.88 Å². The van der Waals surface area contributed by atoms with Crippen LogP contribution in [0, 0.1) is 0 Å². The maximum absolute atomic E-state index is 12.0. The molecular weight excluding hydrogens is 248 g/mol. The molecule has 2 unspecified atom stereocenters. The Bertz CT molecular complexity index is 350. The van der Waals surface area contributed by atoms with Gasteiger partial charge >= 0.3 is 0 Å². The number of methoxy groups -OCH3 is 1. The van der Waals surface area contributed by atoms with Gasteiger partial charge in [0.1, 0.15) is 0 Å². The molecule has 2 N–H and O–H groups in total. The average molecular weight is 270 g/mol. The van der Waals surface area contributed by atoms with Crippen LogP contribution in [-0.4, -0.2) is 43.7 Å². The minimum absolute atomic E-state index is 0.0800. The van der Waals surface area contributed by atoms with Crippen molar-refractivity contribution in [1.29, 1.82) is 0 Å². The van der Waals surface area contributed by atoms with E-state index in [0.29, 0.717) is 13.0 Å². The fourth-order valence-electron chi connectivity index (χ4n) is 1.70. The first-order chi connectivity index (χ1) is 8.58. The summed E-state index contributed by atoms with van der Waals surface area (Å²) < 4.78 is 5.14. The number of rotatable bonds is 7. The van der Waals surface area contributed by atoms with Crippen molar-refractivity contribution in [3.05, 3.63) is 22.4 Å². The monoisotopic (exact) mass is 270 g/mol. The Labute approximate surface area is 113 Å². The number of nitrogens with two attached hydrogens (primary N) is 1. The summed E-state index contributed by atoms with van der Waals surface area (Å²) >= 11 is 1.72. The molecule has 1 heterocycles. The molecule has 0 spiro atoms. The van der Waals surface area contributed by atoms with Crippen molar-refractivity contribution in [1.82, 2.24) is 4.90 Å². The molecule has 1 amide bonds. The first-order valence-electron chi connectivity index (χ1n) is 6.09. The Balaban J connectivity index is 2.47. The minimum atomic E-state index is -0.186. The maximum Gasteiger partial charge on any atom is 0.225 e. The molecule has 0 radical (unpaired) electrons. The summed E-state index contributed by atoms with van der Waals surface area (Å²) in [5.41, 5.74) is 5.52. The van der Waals surface area contributed by atoms with E-state index in [1.54, 1.807) is 23.3 Å². The van der Waals surface area contributed by atoms with Crippen LogP contribution in [0.25, 0.3) is 0 Å². The molecule has 0 aliphatic rings. The average Bonchev–Trinajstić information content (AvgIpc) is 2.87. The Morgan fingerprint density at radius 3 is 2.83 bits per heavy atom. The summed E-state index contributed by atoms with van der Waals surface area (Å²) in [6.45, 7) is 2.43. The third-order valence-corrected chi connectivity index (χ3v) is 4.03. The van der Waals surface area contributed by atoms with Crippen molar-refractivity contribution in [2.24, 2.45) is 5.73 Å². The fraction of sp³-hybridized carbons (Fsp3) is 0.615. The van der Waals surface area contributed by atoms with Crippen LogP contribution in [0.4, 0.5) is 0 Å². The van der Waals surface area contributed by atoms with Crippen LogP contribution in [0.5, 0.6) is 0 Å². The van der Waals surface area contributed by atoms with E-state index in [4.69, 9.17) is 10.5 Å². The van der Waals surface area contributed by atoms with Crippen LogP contribution in [0.1, 0.15) is 18.2 Å². The maximum atomic E-state index is 12.0. The first-order valence-corrected chi connectivity index (χ1v) is 6.97. The number of thiophene rings is 1. The lowest BCUT2D eigenvalue weighted by molar-refractivity contribution is -0.134. The molecule has 4 nitrogen and oxygen atoms in total. The smallest absolute Gasteiger partial charge is 0.225 e. The minimum Gasteiger partial charge on any atom is -0.380 e. The Morgan fingerprint density at radius 1 is 1.61 bits per heavy atom. The zero-order chi connectivity index (χ0) is 13.5. The summed E-state index contributed by atoms with van der Waals surface area (Å²) in [6.07, 6.45) is 1.05. The molecule has 0 aliphatic heterocycles. The van der Waals surface area contributed by atoms with Crippen molar-refractivity contribution in [3.8, 4) is 0 Å². The number of ether oxygens (including phenoxy) is 1. The molecule has 0 saturated heterocycles. The lowest BCUT2D eigenvalue weighted by Gasteiger charge is -2.26. The fourth-order valence-corrected chi connectivity index (χ4v) is 2.53.